The van der Waals surface area contributed by atoms with Crippen LogP contribution in [0.2, 0.25) is 0 Å². The average molecular weight is 347 g/mol. The van der Waals surface area contributed by atoms with Crippen LogP contribution >= 0.6 is 0 Å². The highest BCUT2D eigenvalue weighted by Crippen LogP contribution is 2.22. The second kappa shape index (κ2) is 7.47. The molecule has 3 N–H and O–H groups in total. The van der Waals surface area contributed by atoms with E-state index >= 15 is 0 Å². The Bertz CT molecular complexity index is 888. The predicted molar refractivity (Wildman–Crippen MR) is 83.5 cm³/mol. The molecule has 1 aromatic carbocycles. The van der Waals surface area contributed by atoms with E-state index in [1.54, 1.807) is 19.1 Å². The zero-order valence-corrected chi connectivity index (χ0v) is 13.2. The van der Waals surface area contributed by atoms with Crippen molar-refractivity contribution in [2.75, 3.05) is 6.61 Å². The Morgan fingerprint density at radius 3 is 2.68 bits per heavy atom. The summed E-state index contributed by atoms with van der Waals surface area (Å²) in [6.45, 7) is 1.25. The van der Waals surface area contributed by atoms with Crippen LogP contribution in [0.3, 0.4) is 0 Å². The third kappa shape index (κ3) is 4.80. The normalized spacial score (nSPS) is 11.7. The quantitative estimate of drug-likeness (QED) is 0.584. The van der Waals surface area contributed by atoms with Gasteiger partial charge >= 0.3 is 5.63 Å². The molecule has 0 saturated carbocycles. The Kier molecular flexibility index (Phi) is 5.38. The fourth-order valence-electron chi connectivity index (χ4n) is 2.17. The number of amides is 2. The molecule has 9 nitrogen and oxygen atoms in total. The van der Waals surface area contributed by atoms with Crippen LogP contribution < -0.4 is 26.5 Å². The number of nitrogens with two attached hydrogens (primary N) is 1. The van der Waals surface area contributed by atoms with Crippen molar-refractivity contribution in [2.24, 2.45) is 5.73 Å². The maximum absolute atomic E-state index is 11.7. The summed E-state index contributed by atoms with van der Waals surface area (Å²) in [6.07, 6.45) is -0.589. The Morgan fingerprint density at radius 1 is 1.32 bits per heavy atom. The first kappa shape index (κ1) is 18.0. The molecule has 0 fully saturated rings. The van der Waals surface area contributed by atoms with Gasteiger partial charge in [-0.3, -0.25) is 9.59 Å². The van der Waals surface area contributed by atoms with Crippen molar-refractivity contribution in [3.8, 4) is 5.75 Å². The van der Waals surface area contributed by atoms with E-state index in [2.05, 4.69) is 5.32 Å². The number of carbonyl (C=O) groups excluding carboxylic acids is 3. The first-order chi connectivity index (χ1) is 11.8. The molecule has 1 atom stereocenters. The van der Waals surface area contributed by atoms with Gasteiger partial charge in [-0.25, -0.2) is 4.79 Å². The Balaban J connectivity index is 2.04. The topological polar surface area (TPSA) is 152 Å². The van der Waals surface area contributed by atoms with Crippen LogP contribution in [0.25, 0.3) is 11.0 Å². The highest BCUT2D eigenvalue weighted by Gasteiger charge is 2.16. The number of carboxylic acid groups (broad SMARTS) is 1. The summed E-state index contributed by atoms with van der Waals surface area (Å²) in [5, 5.41) is 13.6. The number of carboxylic acids is 1. The van der Waals surface area contributed by atoms with Crippen LogP contribution in [0.4, 0.5) is 0 Å². The predicted octanol–water partition coefficient (Wildman–Crippen LogP) is -1.41. The van der Waals surface area contributed by atoms with Crippen molar-refractivity contribution < 1.29 is 28.6 Å². The minimum Gasteiger partial charge on any atom is -0.548 e. The molecule has 2 aromatic rings. The lowest BCUT2D eigenvalue weighted by Gasteiger charge is -2.18. The molecule has 9 heteroatoms. The van der Waals surface area contributed by atoms with Crippen molar-refractivity contribution in [3.63, 3.8) is 0 Å². The highest BCUT2D eigenvalue weighted by atomic mass is 16.5. The third-order valence-corrected chi connectivity index (χ3v) is 3.32. The summed E-state index contributed by atoms with van der Waals surface area (Å²) in [7, 11) is 0. The smallest absolute Gasteiger partial charge is 0.336 e. The summed E-state index contributed by atoms with van der Waals surface area (Å²) < 4.78 is 10.3. The molecule has 0 unspecified atom stereocenters. The van der Waals surface area contributed by atoms with Crippen LogP contribution in [-0.4, -0.2) is 30.4 Å². The van der Waals surface area contributed by atoms with E-state index in [4.69, 9.17) is 14.9 Å². The molecule has 0 spiro atoms. The minimum atomic E-state index is -1.63. The first-order valence-corrected chi connectivity index (χ1v) is 7.22. The summed E-state index contributed by atoms with van der Waals surface area (Å²) in [6, 6.07) is 4.50. The zero-order chi connectivity index (χ0) is 18.6. The SMILES string of the molecule is Cc1cc(=O)oc2cc(OCC(=O)N[C@H](CC(N)=O)C(=O)[O-])ccc12. The van der Waals surface area contributed by atoms with E-state index in [1.807, 2.05) is 0 Å². The van der Waals surface area contributed by atoms with Gasteiger partial charge in [0.1, 0.15) is 11.3 Å². The zero-order valence-electron chi connectivity index (χ0n) is 13.2. The van der Waals surface area contributed by atoms with Gasteiger partial charge in [0, 0.05) is 17.5 Å². The molecule has 0 aliphatic carbocycles. The van der Waals surface area contributed by atoms with Crippen molar-refractivity contribution in [2.45, 2.75) is 19.4 Å². The van der Waals surface area contributed by atoms with Gasteiger partial charge < -0.3 is 30.1 Å². The van der Waals surface area contributed by atoms with Gasteiger partial charge in [-0.15, -0.1) is 0 Å². The molecule has 132 valence electrons. The van der Waals surface area contributed by atoms with Crippen molar-refractivity contribution in [1.29, 1.82) is 0 Å². The van der Waals surface area contributed by atoms with Gasteiger partial charge in [-0.05, 0) is 24.6 Å². The van der Waals surface area contributed by atoms with E-state index in [0.29, 0.717) is 5.58 Å². The molecule has 0 aliphatic heterocycles. The summed E-state index contributed by atoms with van der Waals surface area (Å²) >= 11 is 0. The van der Waals surface area contributed by atoms with Gasteiger partial charge in [0.25, 0.3) is 5.91 Å². The number of rotatable bonds is 7. The molecule has 1 heterocycles. The molecule has 0 saturated heterocycles. The van der Waals surface area contributed by atoms with Crippen LogP contribution in [0.1, 0.15) is 12.0 Å². The summed E-state index contributed by atoms with van der Waals surface area (Å²) in [5.41, 5.74) is 5.42. The molecule has 1 aromatic heterocycles. The number of aryl methyl sites for hydroxylation is 1. The number of ether oxygens (including phenoxy) is 1. The maximum Gasteiger partial charge on any atom is 0.336 e. The monoisotopic (exact) mass is 347 g/mol. The first-order valence-electron chi connectivity index (χ1n) is 7.22. The summed E-state index contributed by atoms with van der Waals surface area (Å²) in [5.74, 6) is -3.05. The number of benzene rings is 1. The third-order valence-electron chi connectivity index (χ3n) is 3.32. The molecule has 25 heavy (non-hydrogen) atoms. The van der Waals surface area contributed by atoms with E-state index in [-0.39, 0.29) is 5.75 Å². The number of aliphatic carboxylic acids is 1. The average Bonchev–Trinajstić information content (AvgIpc) is 2.51. The van der Waals surface area contributed by atoms with Crippen LogP contribution in [0.15, 0.2) is 33.5 Å². The van der Waals surface area contributed by atoms with Crippen molar-refractivity contribution in [1.82, 2.24) is 5.32 Å². The number of carbonyl (C=O) groups is 3. The number of primary amides is 1. The number of hydrogen-bond donors (Lipinski definition) is 2. The molecule has 2 rings (SSSR count). The van der Waals surface area contributed by atoms with Gasteiger partial charge in [0.05, 0.1) is 18.4 Å². The van der Waals surface area contributed by atoms with Gasteiger partial charge in [-0.1, -0.05) is 0 Å². The lowest BCUT2D eigenvalue weighted by atomic mass is 10.1. The fraction of sp³-hybridized carbons (Fsp3) is 0.250. The largest absolute Gasteiger partial charge is 0.548 e. The maximum atomic E-state index is 11.7. The summed E-state index contributed by atoms with van der Waals surface area (Å²) in [4.78, 5) is 44.7. The van der Waals surface area contributed by atoms with E-state index in [1.165, 1.54) is 12.1 Å². The number of nitrogens with one attached hydrogen (secondary N) is 1. The molecule has 2 amide bonds. The molecule has 0 radical (unpaired) electrons. The van der Waals surface area contributed by atoms with E-state index in [0.717, 1.165) is 10.9 Å². The molecule has 0 aliphatic rings. The Morgan fingerprint density at radius 2 is 2.04 bits per heavy atom. The van der Waals surface area contributed by atoms with E-state index in [9.17, 15) is 24.3 Å². The van der Waals surface area contributed by atoms with Crippen LogP contribution in [0.5, 0.6) is 5.75 Å². The van der Waals surface area contributed by atoms with Crippen molar-refractivity contribution >= 4 is 28.8 Å². The molecular formula is C16H15N2O7-. The minimum absolute atomic E-state index is 0.247. The molecular weight excluding hydrogens is 332 g/mol. The number of fused-ring (bicyclic) bond motifs is 1. The second-order valence-corrected chi connectivity index (χ2v) is 5.30. The highest BCUT2D eigenvalue weighted by molar-refractivity contribution is 5.88. The van der Waals surface area contributed by atoms with Gasteiger partial charge in [-0.2, -0.15) is 0 Å². The fourth-order valence-corrected chi connectivity index (χ4v) is 2.17. The van der Waals surface area contributed by atoms with Crippen molar-refractivity contribution in [3.05, 3.63) is 40.2 Å². The lowest BCUT2D eigenvalue weighted by molar-refractivity contribution is -0.308. The lowest BCUT2D eigenvalue weighted by Crippen LogP contribution is -2.50. The Labute approximate surface area is 141 Å². The van der Waals surface area contributed by atoms with Crippen LogP contribution in [-0.2, 0) is 14.4 Å². The Hall–Kier alpha value is -3.36. The van der Waals surface area contributed by atoms with Gasteiger partial charge in [0.2, 0.25) is 5.91 Å². The second-order valence-electron chi connectivity index (χ2n) is 5.30. The molecule has 0 bridgehead atoms. The van der Waals surface area contributed by atoms with E-state index < -0.39 is 42.5 Å². The number of hydrogen-bond acceptors (Lipinski definition) is 7. The standard InChI is InChI=1S/C16H16N2O7/c1-8-4-15(21)25-12-5-9(2-3-10(8)12)24-7-14(20)18-11(16(22)23)6-13(17)19/h2-5,11H,6-7H2,1H3,(H2,17,19)(H,18,20)(H,22,23)/p-1/t11-/m1/s1. The van der Waals surface area contributed by atoms with Crippen LogP contribution in [0, 0.1) is 6.92 Å². The van der Waals surface area contributed by atoms with Gasteiger partial charge in [0.15, 0.2) is 6.61 Å².